The van der Waals surface area contributed by atoms with Crippen LogP contribution >= 0.6 is 0 Å². The van der Waals surface area contributed by atoms with Crippen LogP contribution in [0.15, 0.2) is 24.3 Å². The van der Waals surface area contributed by atoms with Gasteiger partial charge in [-0.3, -0.25) is 14.4 Å². The lowest BCUT2D eigenvalue weighted by molar-refractivity contribution is -0.159. The van der Waals surface area contributed by atoms with Crippen LogP contribution in [-0.2, 0) is 30.5 Å². The fourth-order valence-electron chi connectivity index (χ4n) is 2.63. The molecule has 1 atom stereocenters. The molecule has 1 aromatic rings. The minimum absolute atomic E-state index is 0.0967. The van der Waals surface area contributed by atoms with Crippen LogP contribution in [0.1, 0.15) is 86.6 Å². The highest BCUT2D eigenvalue weighted by Crippen LogP contribution is 2.27. The Hall–Kier alpha value is -2.41. The fourth-order valence-corrected chi connectivity index (χ4v) is 2.63. The first-order valence-corrected chi connectivity index (χ1v) is 11.8. The number of carbonyl (C=O) groups is 3. The van der Waals surface area contributed by atoms with E-state index in [4.69, 9.17) is 14.6 Å². The number of rotatable bonds is 12. The zero-order valence-corrected chi connectivity index (χ0v) is 21.6. The van der Waals surface area contributed by atoms with E-state index in [9.17, 15) is 14.4 Å². The van der Waals surface area contributed by atoms with Crippen molar-refractivity contribution in [3.63, 3.8) is 0 Å². The summed E-state index contributed by atoms with van der Waals surface area (Å²) in [6.45, 7) is 15.5. The van der Waals surface area contributed by atoms with Gasteiger partial charge in [-0.1, -0.05) is 39.8 Å². The van der Waals surface area contributed by atoms with Crippen LogP contribution in [0.2, 0.25) is 0 Å². The van der Waals surface area contributed by atoms with E-state index in [1.807, 2.05) is 65.8 Å². The Balaban J connectivity index is 0.000000960. The van der Waals surface area contributed by atoms with Gasteiger partial charge in [-0.15, -0.1) is 0 Å². The van der Waals surface area contributed by atoms with E-state index in [1.54, 1.807) is 6.92 Å². The molecule has 0 radical (unpaired) electrons. The molecular formula is C26H43NO6. The minimum atomic E-state index is -0.687. The summed E-state index contributed by atoms with van der Waals surface area (Å²) in [7, 11) is 0. The topological polar surface area (TPSA) is 102 Å². The Kier molecular flexibility index (Phi) is 13.6. The molecule has 0 aliphatic heterocycles. The molecular weight excluding hydrogens is 422 g/mol. The first-order valence-electron chi connectivity index (χ1n) is 11.8. The van der Waals surface area contributed by atoms with Gasteiger partial charge in [-0.2, -0.15) is 0 Å². The Bertz CT molecular complexity index is 736. The van der Waals surface area contributed by atoms with Crippen LogP contribution < -0.4 is 5.32 Å². The summed E-state index contributed by atoms with van der Waals surface area (Å²) in [5.74, 6) is -0.948. The van der Waals surface area contributed by atoms with Crippen molar-refractivity contribution < 1.29 is 29.0 Å². The normalized spacial score (nSPS) is 12.2. The summed E-state index contributed by atoms with van der Waals surface area (Å²) in [5.41, 5.74) is 0.833. The van der Waals surface area contributed by atoms with Crippen molar-refractivity contribution in [2.45, 2.75) is 93.8 Å². The van der Waals surface area contributed by atoms with Gasteiger partial charge in [0.2, 0.25) is 5.91 Å². The Labute approximate surface area is 199 Å². The Morgan fingerprint density at radius 2 is 1.42 bits per heavy atom. The summed E-state index contributed by atoms with van der Waals surface area (Å²) in [6.07, 6.45) is 2.76. The molecule has 7 heteroatoms. The van der Waals surface area contributed by atoms with Crippen LogP contribution in [-0.4, -0.2) is 35.7 Å². The largest absolute Gasteiger partial charge is 0.481 e. The van der Waals surface area contributed by atoms with E-state index < -0.39 is 16.8 Å². The fraction of sp³-hybridized carbons (Fsp3) is 0.654. The third-order valence-electron chi connectivity index (χ3n) is 6.39. The lowest BCUT2D eigenvalue weighted by atomic mass is 9.85. The summed E-state index contributed by atoms with van der Waals surface area (Å²) < 4.78 is 11.1. The number of ether oxygens (including phenoxy) is 2. The summed E-state index contributed by atoms with van der Waals surface area (Å²) >= 11 is 0. The van der Waals surface area contributed by atoms with Gasteiger partial charge in [0.1, 0.15) is 6.61 Å². The standard InChI is InChI=1S/C19H29NO4.C7H14O2/c1-6-19(5,7-2)18(22)24-12-14(3)23-13-16-8-10-17(11-9-16)20-15(4)21;1-4-7(3,5-2)6(8)9/h8-11,14H,6-7,12-13H2,1-5H3,(H,20,21);4-5H2,1-3H3,(H,8,9). The molecule has 0 saturated carbocycles. The number of carboxylic acid groups (broad SMARTS) is 1. The number of aliphatic carboxylic acids is 1. The van der Waals surface area contributed by atoms with Gasteiger partial charge in [-0.25, -0.2) is 0 Å². The molecule has 0 spiro atoms. The number of hydrogen-bond acceptors (Lipinski definition) is 5. The third kappa shape index (κ3) is 10.8. The molecule has 0 aliphatic rings. The number of nitrogens with one attached hydrogen (secondary N) is 1. The first kappa shape index (κ1) is 30.6. The lowest BCUT2D eigenvalue weighted by Crippen LogP contribution is -2.31. The van der Waals surface area contributed by atoms with Gasteiger partial charge >= 0.3 is 11.9 Å². The number of esters is 1. The number of amides is 1. The molecule has 188 valence electrons. The second-order valence-electron chi connectivity index (χ2n) is 8.94. The van der Waals surface area contributed by atoms with Crippen molar-refractivity contribution in [2.75, 3.05) is 11.9 Å². The van der Waals surface area contributed by atoms with Crippen molar-refractivity contribution in [3.8, 4) is 0 Å². The first-order chi connectivity index (χ1) is 15.4. The molecule has 0 heterocycles. The van der Waals surface area contributed by atoms with E-state index in [0.29, 0.717) is 19.4 Å². The molecule has 0 aromatic heterocycles. The van der Waals surface area contributed by atoms with Crippen molar-refractivity contribution in [2.24, 2.45) is 10.8 Å². The van der Waals surface area contributed by atoms with Crippen molar-refractivity contribution in [1.29, 1.82) is 0 Å². The molecule has 1 unspecified atom stereocenters. The zero-order chi connectivity index (χ0) is 25.7. The predicted molar refractivity (Wildman–Crippen MR) is 131 cm³/mol. The van der Waals surface area contributed by atoms with E-state index in [2.05, 4.69) is 5.32 Å². The number of anilines is 1. The summed E-state index contributed by atoms with van der Waals surface area (Å²) in [6, 6.07) is 7.46. The Morgan fingerprint density at radius 3 is 1.79 bits per heavy atom. The van der Waals surface area contributed by atoms with Crippen LogP contribution in [0.4, 0.5) is 5.69 Å². The maximum absolute atomic E-state index is 12.1. The lowest BCUT2D eigenvalue weighted by Gasteiger charge is -2.25. The van der Waals surface area contributed by atoms with Crippen molar-refractivity contribution in [1.82, 2.24) is 0 Å². The SMILES string of the molecule is CCC(C)(CC)C(=O)O.CCC(C)(CC)C(=O)OCC(C)OCc1ccc(NC(C)=O)cc1. The van der Waals surface area contributed by atoms with Gasteiger partial charge in [0.05, 0.1) is 23.5 Å². The summed E-state index contributed by atoms with van der Waals surface area (Å²) in [5, 5.41) is 11.3. The molecule has 1 amide bonds. The van der Waals surface area contributed by atoms with Gasteiger partial charge in [0, 0.05) is 12.6 Å². The third-order valence-corrected chi connectivity index (χ3v) is 6.39. The van der Waals surface area contributed by atoms with Gasteiger partial charge in [0.15, 0.2) is 0 Å². The van der Waals surface area contributed by atoms with Gasteiger partial charge in [-0.05, 0) is 64.2 Å². The molecule has 7 nitrogen and oxygen atoms in total. The smallest absolute Gasteiger partial charge is 0.311 e. The van der Waals surface area contributed by atoms with Crippen LogP contribution in [0, 0.1) is 10.8 Å². The maximum Gasteiger partial charge on any atom is 0.311 e. The Morgan fingerprint density at radius 1 is 0.939 bits per heavy atom. The van der Waals surface area contributed by atoms with E-state index in [1.165, 1.54) is 6.92 Å². The highest BCUT2D eigenvalue weighted by atomic mass is 16.6. The number of benzene rings is 1. The highest BCUT2D eigenvalue weighted by molar-refractivity contribution is 5.88. The predicted octanol–water partition coefficient (Wildman–Crippen LogP) is 5.82. The van der Waals surface area contributed by atoms with Crippen molar-refractivity contribution >= 4 is 23.5 Å². The van der Waals surface area contributed by atoms with Crippen molar-refractivity contribution in [3.05, 3.63) is 29.8 Å². The molecule has 33 heavy (non-hydrogen) atoms. The van der Waals surface area contributed by atoms with E-state index >= 15 is 0 Å². The maximum atomic E-state index is 12.1. The average Bonchev–Trinajstić information content (AvgIpc) is 2.80. The average molecular weight is 466 g/mol. The molecule has 0 saturated heterocycles. The van der Waals surface area contributed by atoms with Crippen LogP contribution in [0.3, 0.4) is 0 Å². The second kappa shape index (κ2) is 14.7. The van der Waals surface area contributed by atoms with E-state index in [-0.39, 0.29) is 24.6 Å². The molecule has 0 fully saturated rings. The molecule has 1 aromatic carbocycles. The second-order valence-corrected chi connectivity index (χ2v) is 8.94. The van der Waals surface area contributed by atoms with E-state index in [0.717, 1.165) is 24.1 Å². The summed E-state index contributed by atoms with van der Waals surface area (Å²) in [4.78, 5) is 33.6. The van der Waals surface area contributed by atoms with Crippen LogP contribution in [0.25, 0.3) is 0 Å². The number of carboxylic acids is 1. The quantitative estimate of drug-likeness (QED) is 0.377. The molecule has 1 rings (SSSR count). The number of carbonyl (C=O) groups excluding carboxylic acids is 2. The molecule has 0 aliphatic carbocycles. The van der Waals surface area contributed by atoms with Gasteiger partial charge < -0.3 is 19.9 Å². The number of hydrogen-bond donors (Lipinski definition) is 2. The van der Waals surface area contributed by atoms with Crippen LogP contribution in [0.5, 0.6) is 0 Å². The van der Waals surface area contributed by atoms with Gasteiger partial charge in [0.25, 0.3) is 0 Å². The highest BCUT2D eigenvalue weighted by Gasteiger charge is 2.31. The molecule has 2 N–H and O–H groups in total. The molecule has 0 bridgehead atoms. The monoisotopic (exact) mass is 465 g/mol. The minimum Gasteiger partial charge on any atom is -0.481 e. The zero-order valence-electron chi connectivity index (χ0n) is 21.6.